The minimum atomic E-state index is 0.775. The zero-order chi connectivity index (χ0) is 10.1. The average Bonchev–Trinajstić information content (AvgIpc) is 2.71. The number of nitrogen functional groups attached to an aromatic ring is 1. The van der Waals surface area contributed by atoms with Crippen LogP contribution < -0.4 is 5.73 Å². The van der Waals surface area contributed by atoms with Gasteiger partial charge in [-0.05, 0) is 25.3 Å². The van der Waals surface area contributed by atoms with Crippen LogP contribution in [0.2, 0.25) is 0 Å². The number of aryl methyl sites for hydroxylation is 1. The molecule has 0 saturated heterocycles. The predicted octanol–water partition coefficient (Wildman–Crippen LogP) is 1.92. The second-order valence-electron chi connectivity index (χ2n) is 3.02. The number of hydrogen-bond donors (Lipinski definition) is 1. The molecule has 0 atom stereocenters. The lowest BCUT2D eigenvalue weighted by molar-refractivity contribution is 0.738. The van der Waals surface area contributed by atoms with Gasteiger partial charge in [0.05, 0.1) is 10.6 Å². The molecule has 74 valence electrons. The molecule has 2 rings (SSSR count). The van der Waals surface area contributed by atoms with E-state index in [1.54, 1.807) is 11.3 Å². The van der Waals surface area contributed by atoms with Crippen LogP contribution in [0.1, 0.15) is 12.7 Å². The van der Waals surface area contributed by atoms with Crippen molar-refractivity contribution in [1.29, 1.82) is 0 Å². The van der Waals surface area contributed by atoms with Crippen molar-refractivity contribution in [2.24, 2.45) is 0 Å². The van der Waals surface area contributed by atoms with Gasteiger partial charge in [0.2, 0.25) is 0 Å². The normalized spacial score (nSPS) is 10.7. The fraction of sp³-hybridized carbons (Fsp3) is 0.333. The zero-order valence-corrected chi connectivity index (χ0v) is 9.01. The van der Waals surface area contributed by atoms with Gasteiger partial charge in [-0.25, -0.2) is 0 Å². The lowest BCUT2D eigenvalue weighted by Gasteiger charge is -2.03. The highest BCUT2D eigenvalue weighted by molar-refractivity contribution is 7.14. The molecule has 0 bridgehead atoms. The topological polar surface area (TPSA) is 56.7 Å². The molecular formula is C9H12N4S. The van der Waals surface area contributed by atoms with Crippen LogP contribution in [0.25, 0.3) is 10.7 Å². The Labute approximate surface area is 86.4 Å². The van der Waals surface area contributed by atoms with Gasteiger partial charge in [-0.2, -0.15) is 0 Å². The number of aromatic nitrogens is 3. The van der Waals surface area contributed by atoms with Gasteiger partial charge in [-0.3, -0.25) is 0 Å². The first-order valence-electron chi connectivity index (χ1n) is 4.47. The third-order valence-corrected chi connectivity index (χ3v) is 3.08. The van der Waals surface area contributed by atoms with Gasteiger partial charge in [0.1, 0.15) is 5.82 Å². The van der Waals surface area contributed by atoms with Crippen LogP contribution >= 0.6 is 11.3 Å². The highest BCUT2D eigenvalue weighted by Gasteiger charge is 2.12. The molecule has 0 unspecified atom stereocenters. The van der Waals surface area contributed by atoms with Crippen LogP contribution in [0.5, 0.6) is 0 Å². The molecule has 0 saturated carbocycles. The molecule has 0 aliphatic carbocycles. The maximum atomic E-state index is 5.83. The van der Waals surface area contributed by atoms with Crippen molar-refractivity contribution in [3.05, 3.63) is 17.3 Å². The number of nitrogens with zero attached hydrogens (tertiary/aromatic N) is 3. The summed E-state index contributed by atoms with van der Waals surface area (Å²) in [6, 6.07) is 1.89. The van der Waals surface area contributed by atoms with Gasteiger partial charge in [0.25, 0.3) is 0 Å². The van der Waals surface area contributed by atoms with Crippen molar-refractivity contribution in [2.75, 3.05) is 5.73 Å². The SMILES string of the molecule is CCn1c(C)nnc1-c1sccc1N. The summed E-state index contributed by atoms with van der Waals surface area (Å²) in [5.74, 6) is 1.80. The summed E-state index contributed by atoms with van der Waals surface area (Å²) in [4.78, 5) is 1.01. The summed E-state index contributed by atoms with van der Waals surface area (Å²) in [6.07, 6.45) is 0. The Hall–Kier alpha value is -1.36. The largest absolute Gasteiger partial charge is 0.397 e. The monoisotopic (exact) mass is 208 g/mol. The van der Waals surface area contributed by atoms with E-state index in [-0.39, 0.29) is 0 Å². The Morgan fingerprint density at radius 1 is 1.50 bits per heavy atom. The van der Waals surface area contributed by atoms with Crippen molar-refractivity contribution >= 4 is 17.0 Å². The van der Waals surface area contributed by atoms with E-state index < -0.39 is 0 Å². The Balaban J connectivity index is 2.57. The van der Waals surface area contributed by atoms with Crippen LogP contribution in [0, 0.1) is 6.92 Å². The summed E-state index contributed by atoms with van der Waals surface area (Å²) < 4.78 is 2.06. The van der Waals surface area contributed by atoms with Gasteiger partial charge in [0.15, 0.2) is 5.82 Å². The standard InChI is InChI=1S/C9H12N4S/c1-3-13-6(2)11-12-9(13)8-7(10)4-5-14-8/h4-5H,3,10H2,1-2H3. The van der Waals surface area contributed by atoms with Crippen LogP contribution in [-0.4, -0.2) is 14.8 Å². The molecular weight excluding hydrogens is 196 g/mol. The lowest BCUT2D eigenvalue weighted by atomic mass is 10.4. The van der Waals surface area contributed by atoms with E-state index in [9.17, 15) is 0 Å². The highest BCUT2D eigenvalue weighted by Crippen LogP contribution is 2.30. The number of nitrogens with two attached hydrogens (primary N) is 1. The fourth-order valence-electron chi connectivity index (χ4n) is 1.43. The van der Waals surface area contributed by atoms with E-state index in [4.69, 9.17) is 5.73 Å². The van der Waals surface area contributed by atoms with Crippen LogP contribution in [0.4, 0.5) is 5.69 Å². The van der Waals surface area contributed by atoms with E-state index in [0.717, 1.165) is 28.8 Å². The summed E-state index contributed by atoms with van der Waals surface area (Å²) in [5.41, 5.74) is 6.61. The van der Waals surface area contributed by atoms with Gasteiger partial charge in [-0.1, -0.05) is 0 Å². The number of hydrogen-bond acceptors (Lipinski definition) is 4. The maximum Gasteiger partial charge on any atom is 0.176 e. The molecule has 4 nitrogen and oxygen atoms in total. The van der Waals surface area contributed by atoms with Crippen LogP contribution in [0.3, 0.4) is 0 Å². The summed E-state index contributed by atoms with van der Waals surface area (Å²) in [5, 5.41) is 10.1. The van der Waals surface area contributed by atoms with Gasteiger partial charge in [-0.15, -0.1) is 21.5 Å². The first kappa shape index (κ1) is 9.21. The van der Waals surface area contributed by atoms with Crippen LogP contribution in [-0.2, 0) is 6.54 Å². The Bertz CT molecular complexity index is 443. The van der Waals surface area contributed by atoms with Crippen molar-refractivity contribution in [1.82, 2.24) is 14.8 Å². The molecule has 0 aliphatic rings. The molecule has 0 aromatic carbocycles. The highest BCUT2D eigenvalue weighted by atomic mass is 32.1. The molecule has 0 radical (unpaired) electrons. The molecule has 0 fully saturated rings. The van der Waals surface area contributed by atoms with Crippen molar-refractivity contribution < 1.29 is 0 Å². The zero-order valence-electron chi connectivity index (χ0n) is 8.19. The third-order valence-electron chi connectivity index (χ3n) is 2.15. The maximum absolute atomic E-state index is 5.83. The van der Waals surface area contributed by atoms with E-state index in [1.165, 1.54) is 0 Å². The summed E-state index contributed by atoms with van der Waals surface area (Å²) in [7, 11) is 0. The molecule has 0 spiro atoms. The minimum absolute atomic E-state index is 0.775. The molecule has 2 N–H and O–H groups in total. The second kappa shape index (κ2) is 3.42. The molecule has 5 heteroatoms. The first-order chi connectivity index (χ1) is 6.74. The quantitative estimate of drug-likeness (QED) is 0.820. The average molecular weight is 208 g/mol. The molecule has 0 amide bonds. The molecule has 2 aromatic heterocycles. The van der Waals surface area contributed by atoms with Crippen molar-refractivity contribution in [3.8, 4) is 10.7 Å². The molecule has 2 aromatic rings. The van der Waals surface area contributed by atoms with E-state index in [0.29, 0.717) is 0 Å². The lowest BCUT2D eigenvalue weighted by Crippen LogP contribution is -2.00. The summed E-state index contributed by atoms with van der Waals surface area (Å²) in [6.45, 7) is 4.89. The van der Waals surface area contributed by atoms with Gasteiger partial charge in [0, 0.05) is 6.54 Å². The van der Waals surface area contributed by atoms with Crippen molar-refractivity contribution in [3.63, 3.8) is 0 Å². The molecule has 14 heavy (non-hydrogen) atoms. The number of anilines is 1. The van der Waals surface area contributed by atoms with E-state index in [2.05, 4.69) is 21.7 Å². The second-order valence-corrected chi connectivity index (χ2v) is 3.94. The van der Waals surface area contributed by atoms with E-state index in [1.807, 2.05) is 18.4 Å². The molecule has 0 aliphatic heterocycles. The minimum Gasteiger partial charge on any atom is -0.397 e. The third kappa shape index (κ3) is 1.29. The van der Waals surface area contributed by atoms with Crippen LogP contribution in [0.15, 0.2) is 11.4 Å². The first-order valence-corrected chi connectivity index (χ1v) is 5.35. The van der Waals surface area contributed by atoms with Gasteiger partial charge >= 0.3 is 0 Å². The van der Waals surface area contributed by atoms with Gasteiger partial charge < -0.3 is 10.3 Å². The Morgan fingerprint density at radius 2 is 2.29 bits per heavy atom. The number of rotatable bonds is 2. The van der Waals surface area contributed by atoms with E-state index >= 15 is 0 Å². The predicted molar refractivity (Wildman–Crippen MR) is 58.2 cm³/mol. The Morgan fingerprint density at radius 3 is 2.86 bits per heavy atom. The van der Waals surface area contributed by atoms with Crippen molar-refractivity contribution in [2.45, 2.75) is 20.4 Å². The summed E-state index contributed by atoms with van der Waals surface area (Å²) >= 11 is 1.60. The molecule has 2 heterocycles. The number of thiophene rings is 1. The Kier molecular flexibility index (Phi) is 2.25. The fourth-order valence-corrected chi connectivity index (χ4v) is 2.24. The smallest absolute Gasteiger partial charge is 0.176 e.